The van der Waals surface area contributed by atoms with Crippen LogP contribution < -0.4 is 5.73 Å². The molecule has 3 heterocycles. The summed E-state index contributed by atoms with van der Waals surface area (Å²) in [6.07, 6.45) is 5.08. The van der Waals surface area contributed by atoms with E-state index in [0.717, 1.165) is 16.9 Å². The van der Waals surface area contributed by atoms with E-state index < -0.39 is 0 Å². The lowest BCUT2D eigenvalue weighted by Gasteiger charge is -1.97. The standard InChI is InChI=1S/C11H10N6/c1-7-11-15-10(16-17(11)6-5-13-7)8-3-2-4-14-9(8)12/h2-6H,1H3,(H2,12,14). The predicted octanol–water partition coefficient (Wildman–Crippen LogP) is 1.08. The molecule has 0 aliphatic heterocycles. The molecule has 0 bridgehead atoms. The molecule has 3 aromatic heterocycles. The summed E-state index contributed by atoms with van der Waals surface area (Å²) < 4.78 is 1.68. The quantitative estimate of drug-likeness (QED) is 0.671. The smallest absolute Gasteiger partial charge is 0.185 e. The number of nitrogens with zero attached hydrogens (tertiary/aromatic N) is 5. The Balaban J connectivity index is 2.26. The number of nitrogen functional groups attached to an aromatic ring is 1. The molecule has 6 heteroatoms. The number of hydrogen-bond acceptors (Lipinski definition) is 5. The molecule has 0 saturated heterocycles. The van der Waals surface area contributed by atoms with Crippen LogP contribution in [0.4, 0.5) is 5.82 Å². The number of aryl methyl sites for hydroxylation is 1. The number of anilines is 1. The highest BCUT2D eigenvalue weighted by Crippen LogP contribution is 2.20. The lowest BCUT2D eigenvalue weighted by atomic mass is 10.2. The third-order valence-corrected chi connectivity index (χ3v) is 2.51. The molecule has 0 fully saturated rings. The van der Waals surface area contributed by atoms with Gasteiger partial charge in [0, 0.05) is 18.6 Å². The first kappa shape index (κ1) is 9.71. The molecule has 0 radical (unpaired) electrons. The van der Waals surface area contributed by atoms with Crippen molar-refractivity contribution in [2.75, 3.05) is 5.73 Å². The van der Waals surface area contributed by atoms with Gasteiger partial charge in [0.25, 0.3) is 0 Å². The second-order valence-electron chi connectivity index (χ2n) is 3.65. The van der Waals surface area contributed by atoms with E-state index in [-0.39, 0.29) is 0 Å². The Hall–Kier alpha value is -2.50. The lowest BCUT2D eigenvalue weighted by molar-refractivity contribution is 0.937. The van der Waals surface area contributed by atoms with Gasteiger partial charge in [0.1, 0.15) is 5.82 Å². The number of pyridine rings is 1. The number of rotatable bonds is 1. The van der Waals surface area contributed by atoms with Crippen LogP contribution in [-0.4, -0.2) is 24.6 Å². The maximum Gasteiger partial charge on any atom is 0.185 e. The summed E-state index contributed by atoms with van der Waals surface area (Å²) in [4.78, 5) is 12.6. The first-order valence-corrected chi connectivity index (χ1v) is 5.14. The average molecular weight is 226 g/mol. The molecule has 0 saturated carbocycles. The number of nitrogens with two attached hydrogens (primary N) is 1. The summed E-state index contributed by atoms with van der Waals surface area (Å²) in [7, 11) is 0. The Morgan fingerprint density at radius 2 is 2.12 bits per heavy atom. The van der Waals surface area contributed by atoms with E-state index >= 15 is 0 Å². The maximum absolute atomic E-state index is 5.80. The van der Waals surface area contributed by atoms with E-state index in [9.17, 15) is 0 Å². The first-order valence-electron chi connectivity index (χ1n) is 5.14. The van der Waals surface area contributed by atoms with E-state index in [1.54, 1.807) is 23.1 Å². The topological polar surface area (TPSA) is 82.0 Å². The van der Waals surface area contributed by atoms with Crippen molar-refractivity contribution in [3.8, 4) is 11.4 Å². The zero-order valence-electron chi connectivity index (χ0n) is 9.20. The fourth-order valence-corrected chi connectivity index (χ4v) is 1.66. The van der Waals surface area contributed by atoms with Gasteiger partial charge < -0.3 is 5.73 Å². The summed E-state index contributed by atoms with van der Waals surface area (Å²) in [5, 5.41) is 4.35. The third-order valence-electron chi connectivity index (χ3n) is 2.51. The summed E-state index contributed by atoms with van der Waals surface area (Å²) in [6, 6.07) is 3.66. The molecule has 0 aromatic carbocycles. The lowest BCUT2D eigenvalue weighted by Crippen LogP contribution is -1.94. The zero-order valence-corrected chi connectivity index (χ0v) is 9.20. The highest BCUT2D eigenvalue weighted by Gasteiger charge is 2.10. The Bertz CT molecular complexity index is 687. The van der Waals surface area contributed by atoms with Crippen LogP contribution in [0, 0.1) is 6.92 Å². The predicted molar refractivity (Wildman–Crippen MR) is 63.2 cm³/mol. The van der Waals surface area contributed by atoms with Crippen LogP contribution in [0.3, 0.4) is 0 Å². The van der Waals surface area contributed by atoms with Gasteiger partial charge in [0.05, 0.1) is 11.3 Å². The van der Waals surface area contributed by atoms with E-state index in [1.807, 2.05) is 19.1 Å². The Kier molecular flexibility index (Phi) is 2.01. The van der Waals surface area contributed by atoms with Gasteiger partial charge in [-0.2, -0.15) is 0 Å². The van der Waals surface area contributed by atoms with Gasteiger partial charge in [-0.25, -0.2) is 14.5 Å². The number of fused-ring (bicyclic) bond motifs is 1. The molecule has 3 rings (SSSR count). The van der Waals surface area contributed by atoms with Gasteiger partial charge in [0.2, 0.25) is 0 Å². The third kappa shape index (κ3) is 1.50. The molecule has 84 valence electrons. The minimum Gasteiger partial charge on any atom is -0.383 e. The molecule has 0 spiro atoms. The summed E-state index contributed by atoms with van der Waals surface area (Å²) in [5.41, 5.74) is 8.08. The molecule has 0 unspecified atom stereocenters. The van der Waals surface area contributed by atoms with Crippen molar-refractivity contribution >= 4 is 11.5 Å². The molecule has 17 heavy (non-hydrogen) atoms. The zero-order chi connectivity index (χ0) is 11.8. The van der Waals surface area contributed by atoms with Crippen molar-refractivity contribution in [3.05, 3.63) is 36.4 Å². The van der Waals surface area contributed by atoms with Crippen LogP contribution >= 0.6 is 0 Å². The highest BCUT2D eigenvalue weighted by molar-refractivity contribution is 5.69. The molecule has 0 amide bonds. The van der Waals surface area contributed by atoms with E-state index in [0.29, 0.717) is 11.6 Å². The maximum atomic E-state index is 5.80. The van der Waals surface area contributed by atoms with Crippen molar-refractivity contribution in [1.29, 1.82) is 0 Å². The molecule has 2 N–H and O–H groups in total. The summed E-state index contributed by atoms with van der Waals surface area (Å²) in [5.74, 6) is 0.987. The van der Waals surface area contributed by atoms with E-state index in [4.69, 9.17) is 5.73 Å². The number of aromatic nitrogens is 5. The van der Waals surface area contributed by atoms with Gasteiger partial charge in [-0.3, -0.25) is 4.98 Å². The molecule has 3 aromatic rings. The van der Waals surface area contributed by atoms with Gasteiger partial charge in [0.15, 0.2) is 11.5 Å². The minimum atomic E-state index is 0.425. The van der Waals surface area contributed by atoms with Crippen LogP contribution in [0.15, 0.2) is 30.7 Å². The second kappa shape index (κ2) is 3.51. The number of hydrogen-bond donors (Lipinski definition) is 1. The molecular formula is C11H10N6. The van der Waals surface area contributed by atoms with Gasteiger partial charge >= 0.3 is 0 Å². The largest absolute Gasteiger partial charge is 0.383 e. The Morgan fingerprint density at radius 1 is 1.24 bits per heavy atom. The van der Waals surface area contributed by atoms with Crippen molar-refractivity contribution in [2.24, 2.45) is 0 Å². The van der Waals surface area contributed by atoms with Gasteiger partial charge in [-0.1, -0.05) is 0 Å². The fraction of sp³-hybridized carbons (Fsp3) is 0.0909. The Morgan fingerprint density at radius 3 is 2.88 bits per heavy atom. The van der Waals surface area contributed by atoms with Crippen LogP contribution in [-0.2, 0) is 0 Å². The van der Waals surface area contributed by atoms with Crippen LogP contribution in [0.1, 0.15) is 5.69 Å². The van der Waals surface area contributed by atoms with Crippen molar-refractivity contribution in [2.45, 2.75) is 6.92 Å². The fourth-order valence-electron chi connectivity index (χ4n) is 1.66. The summed E-state index contributed by atoms with van der Waals surface area (Å²) in [6.45, 7) is 1.89. The van der Waals surface area contributed by atoms with Gasteiger partial charge in [-0.15, -0.1) is 5.10 Å². The first-order chi connectivity index (χ1) is 8.25. The normalized spacial score (nSPS) is 10.9. The van der Waals surface area contributed by atoms with Crippen LogP contribution in [0.5, 0.6) is 0 Å². The van der Waals surface area contributed by atoms with Crippen molar-refractivity contribution in [1.82, 2.24) is 24.6 Å². The van der Waals surface area contributed by atoms with E-state index in [1.165, 1.54) is 0 Å². The monoisotopic (exact) mass is 226 g/mol. The molecule has 6 nitrogen and oxygen atoms in total. The highest BCUT2D eigenvalue weighted by atomic mass is 15.3. The van der Waals surface area contributed by atoms with Crippen LogP contribution in [0.25, 0.3) is 17.0 Å². The average Bonchev–Trinajstić information content (AvgIpc) is 2.75. The molecular weight excluding hydrogens is 216 g/mol. The van der Waals surface area contributed by atoms with Gasteiger partial charge in [-0.05, 0) is 19.1 Å². The van der Waals surface area contributed by atoms with E-state index in [2.05, 4.69) is 20.1 Å². The minimum absolute atomic E-state index is 0.425. The molecule has 0 aliphatic rings. The summed E-state index contributed by atoms with van der Waals surface area (Å²) >= 11 is 0. The van der Waals surface area contributed by atoms with Crippen molar-refractivity contribution < 1.29 is 0 Å². The SMILES string of the molecule is Cc1nccn2nc(-c3cccnc3N)nc12. The Labute approximate surface area is 97.2 Å². The van der Waals surface area contributed by atoms with Crippen LogP contribution in [0.2, 0.25) is 0 Å². The molecule has 0 atom stereocenters. The molecule has 0 aliphatic carbocycles. The van der Waals surface area contributed by atoms with Crippen molar-refractivity contribution in [3.63, 3.8) is 0 Å². The second-order valence-corrected chi connectivity index (χ2v) is 3.65.